The summed E-state index contributed by atoms with van der Waals surface area (Å²) in [5.41, 5.74) is 1.75. The van der Waals surface area contributed by atoms with Crippen molar-refractivity contribution in [1.29, 1.82) is 0 Å². The fraction of sp³-hybridized carbons (Fsp3) is 0.480. The Bertz CT molecular complexity index is 878. The molecule has 0 radical (unpaired) electrons. The monoisotopic (exact) mass is 446 g/mol. The van der Waals surface area contributed by atoms with E-state index in [1.54, 1.807) is 0 Å². The molecule has 1 amide bonds. The second-order valence-corrected chi connectivity index (χ2v) is 8.72. The molecule has 32 heavy (non-hydrogen) atoms. The molecule has 2 fully saturated rings. The summed E-state index contributed by atoms with van der Waals surface area (Å²) >= 11 is 0. The first-order valence-corrected chi connectivity index (χ1v) is 11.3. The van der Waals surface area contributed by atoms with E-state index in [4.69, 9.17) is 0 Å². The van der Waals surface area contributed by atoms with Gasteiger partial charge in [0.15, 0.2) is 0 Å². The van der Waals surface area contributed by atoms with Crippen molar-refractivity contribution in [3.05, 3.63) is 65.7 Å². The topological polar surface area (TPSA) is 41.6 Å². The zero-order chi connectivity index (χ0) is 22.6. The number of halogens is 3. The van der Waals surface area contributed by atoms with Gasteiger partial charge in [0.25, 0.3) is 5.91 Å². The molecular formula is C25H29F3N2O2. The number of amides is 1. The molecule has 1 heterocycles. The Balaban J connectivity index is 1.30. The summed E-state index contributed by atoms with van der Waals surface area (Å²) in [6.45, 7) is 1.88. The van der Waals surface area contributed by atoms with Gasteiger partial charge in [0.05, 0.1) is 0 Å². The fourth-order valence-electron chi connectivity index (χ4n) is 5.09. The molecule has 1 aliphatic heterocycles. The Morgan fingerprint density at radius 1 is 0.906 bits per heavy atom. The lowest BCUT2D eigenvalue weighted by Gasteiger charge is -2.43. The molecule has 1 saturated carbocycles. The van der Waals surface area contributed by atoms with E-state index in [2.05, 4.69) is 45.3 Å². The number of nitrogens with zero attached hydrogens (tertiary/aromatic N) is 1. The number of carbonyl (C=O) groups excluding carboxylic acids is 1. The van der Waals surface area contributed by atoms with E-state index in [0.717, 1.165) is 38.1 Å². The van der Waals surface area contributed by atoms with Gasteiger partial charge in [-0.3, -0.25) is 9.69 Å². The van der Waals surface area contributed by atoms with Crippen LogP contribution in [0.1, 0.15) is 60.4 Å². The van der Waals surface area contributed by atoms with Crippen LogP contribution in [-0.4, -0.2) is 42.3 Å². The molecular weight excluding hydrogens is 417 g/mol. The number of nitrogens with one attached hydrogen (secondary N) is 1. The Hall–Kier alpha value is -2.54. The first-order valence-electron chi connectivity index (χ1n) is 11.3. The predicted octanol–water partition coefficient (Wildman–Crippen LogP) is 5.51. The van der Waals surface area contributed by atoms with Gasteiger partial charge in [0.1, 0.15) is 5.75 Å². The van der Waals surface area contributed by atoms with Gasteiger partial charge in [0.2, 0.25) is 0 Å². The summed E-state index contributed by atoms with van der Waals surface area (Å²) < 4.78 is 40.7. The fourth-order valence-corrected chi connectivity index (χ4v) is 5.09. The van der Waals surface area contributed by atoms with Crippen molar-refractivity contribution >= 4 is 5.91 Å². The molecule has 172 valence electrons. The van der Waals surface area contributed by atoms with Crippen LogP contribution < -0.4 is 10.1 Å². The van der Waals surface area contributed by atoms with Crippen LogP contribution in [0.5, 0.6) is 5.75 Å². The third-order valence-corrected chi connectivity index (χ3v) is 6.64. The molecule has 2 aromatic carbocycles. The molecule has 1 saturated heterocycles. The van der Waals surface area contributed by atoms with E-state index in [1.165, 1.54) is 43.4 Å². The normalized spacial score (nSPS) is 23.0. The van der Waals surface area contributed by atoms with E-state index in [9.17, 15) is 18.0 Å². The maximum atomic E-state index is 12.5. The van der Waals surface area contributed by atoms with E-state index >= 15 is 0 Å². The number of hydrogen-bond acceptors (Lipinski definition) is 3. The smallest absolute Gasteiger partial charge is 0.406 e. The first kappa shape index (κ1) is 22.6. The zero-order valence-corrected chi connectivity index (χ0v) is 18.0. The lowest BCUT2D eigenvalue weighted by molar-refractivity contribution is -0.274. The summed E-state index contributed by atoms with van der Waals surface area (Å²) in [6, 6.07) is 16.4. The molecule has 0 aromatic heterocycles. The van der Waals surface area contributed by atoms with Crippen molar-refractivity contribution in [1.82, 2.24) is 10.2 Å². The minimum Gasteiger partial charge on any atom is -0.406 e. The predicted molar refractivity (Wildman–Crippen MR) is 117 cm³/mol. The van der Waals surface area contributed by atoms with Gasteiger partial charge >= 0.3 is 6.36 Å². The van der Waals surface area contributed by atoms with Crippen molar-refractivity contribution in [3.63, 3.8) is 0 Å². The SMILES string of the molecule is O=C(NC1CCN([C@@H]2CCCC[C@@H]2c2ccccc2)CC1)c1ccc(OC(F)(F)F)cc1. The number of likely N-dealkylation sites (tertiary alicyclic amines) is 1. The zero-order valence-electron chi connectivity index (χ0n) is 18.0. The minimum absolute atomic E-state index is 0.0728. The van der Waals surface area contributed by atoms with Gasteiger partial charge in [-0.2, -0.15) is 0 Å². The molecule has 7 heteroatoms. The molecule has 2 atom stereocenters. The quantitative estimate of drug-likeness (QED) is 0.659. The molecule has 0 bridgehead atoms. The molecule has 2 aromatic rings. The highest BCUT2D eigenvalue weighted by atomic mass is 19.4. The number of carbonyl (C=O) groups is 1. The van der Waals surface area contributed by atoms with Crippen LogP contribution in [0.2, 0.25) is 0 Å². The number of benzene rings is 2. The summed E-state index contributed by atoms with van der Waals surface area (Å²) in [7, 11) is 0. The lowest BCUT2D eigenvalue weighted by atomic mass is 9.78. The third-order valence-electron chi connectivity index (χ3n) is 6.64. The van der Waals surface area contributed by atoms with Gasteiger partial charge in [0, 0.05) is 30.7 Å². The number of alkyl halides is 3. The molecule has 4 rings (SSSR count). The number of piperidine rings is 1. The molecule has 0 spiro atoms. The second-order valence-electron chi connectivity index (χ2n) is 8.72. The molecule has 1 N–H and O–H groups in total. The number of ether oxygens (including phenoxy) is 1. The van der Waals surface area contributed by atoms with Gasteiger partial charge in [-0.1, -0.05) is 43.2 Å². The average Bonchev–Trinajstić information content (AvgIpc) is 2.80. The summed E-state index contributed by atoms with van der Waals surface area (Å²) in [5.74, 6) is -0.0295. The minimum atomic E-state index is -4.74. The van der Waals surface area contributed by atoms with Crippen LogP contribution in [0.15, 0.2) is 54.6 Å². The van der Waals surface area contributed by atoms with E-state index in [-0.39, 0.29) is 17.7 Å². The van der Waals surface area contributed by atoms with Crippen LogP contribution in [0.25, 0.3) is 0 Å². The highest BCUT2D eigenvalue weighted by Gasteiger charge is 2.34. The largest absolute Gasteiger partial charge is 0.573 e. The van der Waals surface area contributed by atoms with Crippen molar-refractivity contribution in [3.8, 4) is 5.75 Å². The highest BCUT2D eigenvalue weighted by Crippen LogP contribution is 2.37. The Labute approximate surface area is 186 Å². The van der Waals surface area contributed by atoms with E-state index < -0.39 is 6.36 Å². The Morgan fingerprint density at radius 3 is 2.22 bits per heavy atom. The second kappa shape index (κ2) is 9.94. The van der Waals surface area contributed by atoms with Crippen molar-refractivity contribution in [2.24, 2.45) is 0 Å². The Kier molecular flexibility index (Phi) is 7.04. The molecule has 1 aliphatic carbocycles. The number of hydrogen-bond donors (Lipinski definition) is 1. The summed E-state index contributed by atoms with van der Waals surface area (Å²) in [6.07, 6.45) is 1.98. The van der Waals surface area contributed by atoms with Crippen molar-refractivity contribution < 1.29 is 22.7 Å². The van der Waals surface area contributed by atoms with Gasteiger partial charge in [-0.05, 0) is 61.4 Å². The molecule has 2 aliphatic rings. The van der Waals surface area contributed by atoms with Crippen LogP contribution in [0.3, 0.4) is 0 Å². The van der Waals surface area contributed by atoms with Crippen molar-refractivity contribution in [2.45, 2.75) is 62.9 Å². The first-order chi connectivity index (χ1) is 15.4. The standard InChI is InChI=1S/C25H29F3N2O2/c26-25(27,28)32-21-12-10-19(11-13-21)24(31)29-20-14-16-30(17-15-20)23-9-5-4-8-22(23)18-6-2-1-3-7-18/h1-3,6-7,10-13,20,22-23H,4-5,8-9,14-17H2,(H,29,31)/t22-,23-/m1/s1. The van der Waals surface area contributed by atoms with Crippen molar-refractivity contribution in [2.75, 3.05) is 13.1 Å². The highest BCUT2D eigenvalue weighted by molar-refractivity contribution is 5.94. The third kappa shape index (κ3) is 5.82. The average molecular weight is 447 g/mol. The van der Waals surface area contributed by atoms with E-state index in [0.29, 0.717) is 17.5 Å². The van der Waals surface area contributed by atoms with Crippen LogP contribution in [0.4, 0.5) is 13.2 Å². The van der Waals surface area contributed by atoms with Crippen LogP contribution in [0, 0.1) is 0 Å². The van der Waals surface area contributed by atoms with Crippen LogP contribution >= 0.6 is 0 Å². The van der Waals surface area contributed by atoms with Gasteiger partial charge < -0.3 is 10.1 Å². The van der Waals surface area contributed by atoms with Gasteiger partial charge in [-0.25, -0.2) is 0 Å². The van der Waals surface area contributed by atoms with Gasteiger partial charge in [-0.15, -0.1) is 13.2 Å². The Morgan fingerprint density at radius 2 is 1.56 bits per heavy atom. The molecule has 4 nitrogen and oxygen atoms in total. The van der Waals surface area contributed by atoms with E-state index in [1.807, 2.05) is 0 Å². The summed E-state index contributed by atoms with van der Waals surface area (Å²) in [5, 5.41) is 3.04. The summed E-state index contributed by atoms with van der Waals surface area (Å²) in [4.78, 5) is 15.1. The maximum Gasteiger partial charge on any atom is 0.573 e. The number of rotatable bonds is 5. The maximum absolute atomic E-state index is 12.5. The lowest BCUT2D eigenvalue weighted by Crippen LogP contribution is -2.50. The van der Waals surface area contributed by atoms with Crippen LogP contribution in [-0.2, 0) is 0 Å². The molecule has 0 unspecified atom stereocenters.